The Kier molecular flexibility index (Phi) is 7.02. The SMILES string of the molecule is CCC[C@H](C)Nc1ccc(C(=O)O)cc1S(=O)(=O)N[C@H](C)CC. The molecule has 130 valence electrons. The lowest BCUT2D eigenvalue weighted by molar-refractivity contribution is 0.0696. The normalized spacial score (nSPS) is 14.3. The van der Waals surface area contributed by atoms with Crippen LogP contribution in [0, 0.1) is 0 Å². The van der Waals surface area contributed by atoms with Gasteiger partial charge in [-0.15, -0.1) is 0 Å². The van der Waals surface area contributed by atoms with E-state index in [0.717, 1.165) is 12.8 Å². The van der Waals surface area contributed by atoms with Gasteiger partial charge in [-0.05, 0) is 44.9 Å². The fourth-order valence-corrected chi connectivity index (χ4v) is 3.70. The van der Waals surface area contributed by atoms with Crippen LogP contribution in [-0.4, -0.2) is 31.6 Å². The molecule has 0 amide bonds. The van der Waals surface area contributed by atoms with Gasteiger partial charge in [0.25, 0.3) is 0 Å². The number of hydrogen-bond donors (Lipinski definition) is 3. The maximum Gasteiger partial charge on any atom is 0.335 e. The standard InChI is InChI=1S/C16H26N2O4S/c1-5-7-12(4)17-14-9-8-13(16(19)20)10-15(14)23(21,22)18-11(3)6-2/h8-12,17-18H,5-7H2,1-4H3,(H,19,20)/t11-,12+/m1/s1. The lowest BCUT2D eigenvalue weighted by atomic mass is 10.1. The molecule has 0 aliphatic heterocycles. The summed E-state index contributed by atoms with van der Waals surface area (Å²) in [5, 5.41) is 12.3. The van der Waals surface area contributed by atoms with Gasteiger partial charge in [-0.3, -0.25) is 0 Å². The molecule has 3 N–H and O–H groups in total. The van der Waals surface area contributed by atoms with Crippen LogP contribution in [0.3, 0.4) is 0 Å². The summed E-state index contributed by atoms with van der Waals surface area (Å²) in [6, 6.07) is 3.99. The molecular formula is C16H26N2O4S. The highest BCUT2D eigenvalue weighted by molar-refractivity contribution is 7.89. The number of carboxylic acids is 1. The molecule has 0 aliphatic rings. The minimum absolute atomic E-state index is 0.0272. The van der Waals surface area contributed by atoms with Crippen molar-refractivity contribution in [2.75, 3.05) is 5.32 Å². The van der Waals surface area contributed by atoms with E-state index < -0.39 is 16.0 Å². The van der Waals surface area contributed by atoms with Crippen molar-refractivity contribution >= 4 is 21.7 Å². The van der Waals surface area contributed by atoms with Crippen molar-refractivity contribution in [1.82, 2.24) is 4.72 Å². The molecule has 1 aromatic rings. The van der Waals surface area contributed by atoms with E-state index in [1.807, 2.05) is 20.8 Å². The number of sulfonamides is 1. The van der Waals surface area contributed by atoms with E-state index in [0.29, 0.717) is 12.1 Å². The van der Waals surface area contributed by atoms with Gasteiger partial charge in [0, 0.05) is 12.1 Å². The molecule has 0 radical (unpaired) electrons. The zero-order chi connectivity index (χ0) is 17.6. The predicted molar refractivity (Wildman–Crippen MR) is 91.5 cm³/mol. The molecule has 2 atom stereocenters. The summed E-state index contributed by atoms with van der Waals surface area (Å²) >= 11 is 0. The molecule has 0 aliphatic carbocycles. The van der Waals surface area contributed by atoms with Gasteiger partial charge in [0.05, 0.1) is 11.3 Å². The van der Waals surface area contributed by atoms with E-state index in [1.54, 1.807) is 6.92 Å². The molecule has 0 aromatic heterocycles. The van der Waals surface area contributed by atoms with Crippen LogP contribution in [0.1, 0.15) is 57.3 Å². The summed E-state index contributed by atoms with van der Waals surface area (Å²) in [5.74, 6) is -1.15. The number of aromatic carboxylic acids is 1. The molecule has 23 heavy (non-hydrogen) atoms. The van der Waals surface area contributed by atoms with Gasteiger partial charge >= 0.3 is 5.97 Å². The minimum Gasteiger partial charge on any atom is -0.478 e. The summed E-state index contributed by atoms with van der Waals surface area (Å²) in [6.07, 6.45) is 2.50. The summed E-state index contributed by atoms with van der Waals surface area (Å²) in [6.45, 7) is 7.66. The molecule has 0 fully saturated rings. The minimum atomic E-state index is -3.79. The second-order valence-corrected chi connectivity index (χ2v) is 7.46. The maximum atomic E-state index is 12.6. The Labute approximate surface area is 138 Å². The molecule has 0 unspecified atom stereocenters. The lowest BCUT2D eigenvalue weighted by Gasteiger charge is -2.19. The third-order valence-electron chi connectivity index (χ3n) is 3.61. The fraction of sp³-hybridized carbons (Fsp3) is 0.562. The van der Waals surface area contributed by atoms with Gasteiger partial charge in [-0.25, -0.2) is 17.9 Å². The lowest BCUT2D eigenvalue weighted by Crippen LogP contribution is -2.33. The number of anilines is 1. The first-order valence-electron chi connectivity index (χ1n) is 7.87. The first kappa shape index (κ1) is 19.4. The smallest absolute Gasteiger partial charge is 0.335 e. The van der Waals surface area contributed by atoms with E-state index in [4.69, 9.17) is 5.11 Å². The Bertz CT molecular complexity index is 643. The van der Waals surface area contributed by atoms with Crippen LogP contribution in [0.2, 0.25) is 0 Å². The summed E-state index contributed by atoms with van der Waals surface area (Å²) in [7, 11) is -3.79. The molecule has 6 nitrogen and oxygen atoms in total. The summed E-state index contributed by atoms with van der Waals surface area (Å²) in [5.41, 5.74) is 0.370. The van der Waals surface area contributed by atoms with Crippen molar-refractivity contribution in [3.8, 4) is 0 Å². The maximum absolute atomic E-state index is 12.6. The zero-order valence-corrected chi connectivity index (χ0v) is 14.9. The second kappa shape index (κ2) is 8.31. The van der Waals surface area contributed by atoms with Crippen LogP contribution in [0.15, 0.2) is 23.1 Å². The topological polar surface area (TPSA) is 95.5 Å². The van der Waals surface area contributed by atoms with Crippen LogP contribution in [-0.2, 0) is 10.0 Å². The third kappa shape index (κ3) is 5.51. The highest BCUT2D eigenvalue weighted by atomic mass is 32.2. The molecule has 7 heteroatoms. The second-order valence-electron chi connectivity index (χ2n) is 5.78. The van der Waals surface area contributed by atoms with E-state index in [2.05, 4.69) is 10.0 Å². The third-order valence-corrected chi connectivity index (χ3v) is 5.24. The molecule has 1 aromatic carbocycles. The Balaban J connectivity index is 3.28. The molecular weight excluding hydrogens is 316 g/mol. The van der Waals surface area contributed by atoms with Gasteiger partial charge in [0.15, 0.2) is 0 Å². The van der Waals surface area contributed by atoms with Crippen LogP contribution in [0.5, 0.6) is 0 Å². The van der Waals surface area contributed by atoms with E-state index in [9.17, 15) is 13.2 Å². The van der Waals surface area contributed by atoms with Crippen LogP contribution in [0.4, 0.5) is 5.69 Å². The van der Waals surface area contributed by atoms with Gasteiger partial charge in [0.1, 0.15) is 4.90 Å². The summed E-state index contributed by atoms with van der Waals surface area (Å²) < 4.78 is 27.8. The van der Waals surface area contributed by atoms with Crippen molar-refractivity contribution in [1.29, 1.82) is 0 Å². The fourth-order valence-electron chi connectivity index (χ4n) is 2.18. The number of hydrogen-bond acceptors (Lipinski definition) is 4. The number of carboxylic acid groups (broad SMARTS) is 1. The molecule has 0 heterocycles. The molecule has 0 saturated carbocycles. The summed E-state index contributed by atoms with van der Waals surface area (Å²) in [4.78, 5) is 11.1. The average Bonchev–Trinajstić information content (AvgIpc) is 2.46. The van der Waals surface area contributed by atoms with E-state index in [-0.39, 0.29) is 22.5 Å². The van der Waals surface area contributed by atoms with Crippen molar-refractivity contribution in [3.63, 3.8) is 0 Å². The largest absolute Gasteiger partial charge is 0.478 e. The number of rotatable bonds is 9. The first-order valence-corrected chi connectivity index (χ1v) is 9.35. The first-order chi connectivity index (χ1) is 10.7. The Morgan fingerprint density at radius 1 is 1.22 bits per heavy atom. The van der Waals surface area contributed by atoms with Gasteiger partial charge < -0.3 is 10.4 Å². The van der Waals surface area contributed by atoms with Crippen molar-refractivity contribution in [3.05, 3.63) is 23.8 Å². The molecule has 0 saturated heterocycles. The molecule has 1 rings (SSSR count). The number of nitrogens with one attached hydrogen (secondary N) is 2. The van der Waals surface area contributed by atoms with Gasteiger partial charge in [0.2, 0.25) is 10.0 Å². The Morgan fingerprint density at radius 3 is 2.39 bits per heavy atom. The average molecular weight is 342 g/mol. The van der Waals surface area contributed by atoms with E-state index >= 15 is 0 Å². The number of carbonyl (C=O) groups is 1. The van der Waals surface area contributed by atoms with Crippen molar-refractivity contribution in [2.45, 2.75) is 63.9 Å². The van der Waals surface area contributed by atoms with E-state index in [1.165, 1.54) is 18.2 Å². The zero-order valence-electron chi connectivity index (χ0n) is 14.1. The molecule has 0 spiro atoms. The number of benzene rings is 1. The molecule has 0 bridgehead atoms. The van der Waals surface area contributed by atoms with Crippen molar-refractivity contribution < 1.29 is 18.3 Å². The van der Waals surface area contributed by atoms with Crippen LogP contribution < -0.4 is 10.0 Å². The highest BCUT2D eigenvalue weighted by Crippen LogP contribution is 2.25. The highest BCUT2D eigenvalue weighted by Gasteiger charge is 2.23. The van der Waals surface area contributed by atoms with Crippen LogP contribution >= 0.6 is 0 Å². The monoisotopic (exact) mass is 342 g/mol. The quantitative estimate of drug-likeness (QED) is 0.641. The van der Waals surface area contributed by atoms with Crippen LogP contribution in [0.25, 0.3) is 0 Å². The van der Waals surface area contributed by atoms with Gasteiger partial charge in [-0.2, -0.15) is 0 Å². The van der Waals surface area contributed by atoms with Gasteiger partial charge in [-0.1, -0.05) is 20.3 Å². The Hall–Kier alpha value is -1.60. The Morgan fingerprint density at radius 2 is 1.87 bits per heavy atom. The predicted octanol–water partition coefficient (Wildman–Crippen LogP) is 3.06. The van der Waals surface area contributed by atoms with Crippen molar-refractivity contribution in [2.24, 2.45) is 0 Å².